The first-order valence-electron chi connectivity index (χ1n) is 6.83. The van der Waals surface area contributed by atoms with Gasteiger partial charge in [0.2, 0.25) is 0 Å². The van der Waals surface area contributed by atoms with Crippen LogP contribution in [-0.2, 0) is 9.53 Å². The SMILES string of the molecule is CCOC(=O)CC(c1ccc2c(c1)OCCO2)N(C)C. The first-order chi connectivity index (χ1) is 9.61. The molecule has 5 heteroatoms. The number of ether oxygens (including phenoxy) is 3. The number of hydrogen-bond acceptors (Lipinski definition) is 5. The van der Waals surface area contributed by atoms with Crippen LogP contribution in [0.4, 0.5) is 0 Å². The first-order valence-corrected chi connectivity index (χ1v) is 6.83. The lowest BCUT2D eigenvalue weighted by molar-refractivity contribution is -0.144. The molecule has 1 heterocycles. The Hall–Kier alpha value is -1.75. The van der Waals surface area contributed by atoms with Gasteiger partial charge in [0.25, 0.3) is 0 Å². The predicted molar refractivity (Wildman–Crippen MR) is 75.1 cm³/mol. The largest absolute Gasteiger partial charge is 0.486 e. The van der Waals surface area contributed by atoms with Crippen molar-refractivity contribution in [2.45, 2.75) is 19.4 Å². The van der Waals surface area contributed by atoms with Gasteiger partial charge in [-0.3, -0.25) is 4.79 Å². The van der Waals surface area contributed by atoms with Crippen LogP contribution in [0.25, 0.3) is 0 Å². The van der Waals surface area contributed by atoms with Gasteiger partial charge < -0.3 is 19.1 Å². The van der Waals surface area contributed by atoms with Crippen LogP contribution in [0.15, 0.2) is 18.2 Å². The minimum Gasteiger partial charge on any atom is -0.486 e. The lowest BCUT2D eigenvalue weighted by Crippen LogP contribution is -2.24. The van der Waals surface area contributed by atoms with Crippen molar-refractivity contribution in [2.24, 2.45) is 0 Å². The Kier molecular flexibility index (Phi) is 4.84. The third-order valence-corrected chi connectivity index (χ3v) is 3.24. The second kappa shape index (κ2) is 6.61. The lowest BCUT2D eigenvalue weighted by atomic mass is 10.0. The Labute approximate surface area is 119 Å². The molecule has 0 N–H and O–H groups in total. The van der Waals surface area contributed by atoms with E-state index in [-0.39, 0.29) is 12.0 Å². The number of carbonyl (C=O) groups excluding carboxylic acids is 1. The van der Waals surface area contributed by atoms with Crippen LogP contribution >= 0.6 is 0 Å². The fraction of sp³-hybridized carbons (Fsp3) is 0.533. The van der Waals surface area contributed by atoms with E-state index in [9.17, 15) is 4.79 Å². The number of fused-ring (bicyclic) bond motifs is 1. The highest BCUT2D eigenvalue weighted by Crippen LogP contribution is 2.34. The summed E-state index contributed by atoms with van der Waals surface area (Å²) in [4.78, 5) is 13.7. The topological polar surface area (TPSA) is 48.0 Å². The van der Waals surface area contributed by atoms with Crippen LogP contribution < -0.4 is 9.47 Å². The standard InChI is InChI=1S/C15H21NO4/c1-4-18-15(17)10-12(16(2)3)11-5-6-13-14(9-11)20-8-7-19-13/h5-6,9,12H,4,7-8,10H2,1-3H3. The molecule has 1 aromatic rings. The maximum absolute atomic E-state index is 11.7. The summed E-state index contributed by atoms with van der Waals surface area (Å²) in [7, 11) is 3.89. The van der Waals surface area contributed by atoms with Crippen molar-refractivity contribution in [1.82, 2.24) is 4.90 Å². The summed E-state index contributed by atoms with van der Waals surface area (Å²) < 4.78 is 16.1. The molecule has 110 valence electrons. The van der Waals surface area contributed by atoms with E-state index in [4.69, 9.17) is 14.2 Å². The normalized spacial score (nSPS) is 15.0. The highest BCUT2D eigenvalue weighted by atomic mass is 16.6. The maximum Gasteiger partial charge on any atom is 0.307 e. The van der Waals surface area contributed by atoms with Gasteiger partial charge >= 0.3 is 5.97 Å². The molecule has 0 saturated carbocycles. The van der Waals surface area contributed by atoms with Gasteiger partial charge in [-0.15, -0.1) is 0 Å². The number of rotatable bonds is 5. The zero-order chi connectivity index (χ0) is 14.5. The lowest BCUT2D eigenvalue weighted by Gasteiger charge is -2.26. The summed E-state index contributed by atoms with van der Waals surface area (Å²) in [5.74, 6) is 1.30. The van der Waals surface area contributed by atoms with E-state index in [1.807, 2.05) is 44.1 Å². The Bertz CT molecular complexity index is 473. The quantitative estimate of drug-likeness (QED) is 0.772. The van der Waals surface area contributed by atoms with E-state index < -0.39 is 0 Å². The van der Waals surface area contributed by atoms with Gasteiger partial charge in [-0.05, 0) is 38.7 Å². The molecule has 5 nitrogen and oxygen atoms in total. The first kappa shape index (κ1) is 14.7. The smallest absolute Gasteiger partial charge is 0.307 e. The summed E-state index contributed by atoms with van der Waals surface area (Å²) >= 11 is 0. The Morgan fingerprint density at radius 1 is 1.30 bits per heavy atom. The molecule has 0 fully saturated rings. The fourth-order valence-electron chi connectivity index (χ4n) is 2.24. The average molecular weight is 279 g/mol. The molecule has 0 spiro atoms. The molecule has 0 amide bonds. The minimum absolute atomic E-state index is 0.0372. The monoisotopic (exact) mass is 279 g/mol. The second-order valence-corrected chi connectivity index (χ2v) is 4.89. The number of nitrogens with zero attached hydrogens (tertiary/aromatic N) is 1. The van der Waals surface area contributed by atoms with E-state index in [1.165, 1.54) is 0 Å². The van der Waals surface area contributed by atoms with Crippen molar-refractivity contribution in [3.63, 3.8) is 0 Å². The molecule has 20 heavy (non-hydrogen) atoms. The third kappa shape index (κ3) is 3.42. The van der Waals surface area contributed by atoms with Gasteiger partial charge in [0.15, 0.2) is 11.5 Å². The molecular formula is C15H21NO4. The van der Waals surface area contributed by atoms with Crippen molar-refractivity contribution in [2.75, 3.05) is 33.9 Å². The van der Waals surface area contributed by atoms with Crippen LogP contribution in [0.2, 0.25) is 0 Å². The number of carbonyl (C=O) groups is 1. The van der Waals surface area contributed by atoms with Crippen molar-refractivity contribution >= 4 is 5.97 Å². The van der Waals surface area contributed by atoms with Crippen LogP contribution in [0.5, 0.6) is 11.5 Å². The van der Waals surface area contributed by atoms with Crippen LogP contribution in [-0.4, -0.2) is 44.8 Å². The van der Waals surface area contributed by atoms with E-state index in [0.29, 0.717) is 26.2 Å². The van der Waals surface area contributed by atoms with E-state index in [2.05, 4.69) is 0 Å². The average Bonchev–Trinajstić information content (AvgIpc) is 2.44. The zero-order valence-corrected chi connectivity index (χ0v) is 12.2. The van der Waals surface area contributed by atoms with Crippen molar-refractivity contribution in [3.05, 3.63) is 23.8 Å². The van der Waals surface area contributed by atoms with Gasteiger partial charge in [-0.25, -0.2) is 0 Å². The maximum atomic E-state index is 11.7. The van der Waals surface area contributed by atoms with Gasteiger partial charge in [-0.2, -0.15) is 0 Å². The molecule has 2 rings (SSSR count). The predicted octanol–water partition coefficient (Wildman–Crippen LogP) is 2.01. The molecule has 0 radical (unpaired) electrons. The van der Waals surface area contributed by atoms with Crippen LogP contribution in [0.3, 0.4) is 0 Å². The van der Waals surface area contributed by atoms with Crippen molar-refractivity contribution in [1.29, 1.82) is 0 Å². The zero-order valence-electron chi connectivity index (χ0n) is 12.2. The van der Waals surface area contributed by atoms with Crippen LogP contribution in [0, 0.1) is 0 Å². The summed E-state index contributed by atoms with van der Waals surface area (Å²) in [6, 6.07) is 5.77. The highest BCUT2D eigenvalue weighted by molar-refractivity contribution is 5.70. The van der Waals surface area contributed by atoms with E-state index >= 15 is 0 Å². The molecule has 0 saturated heterocycles. The minimum atomic E-state index is -0.193. The highest BCUT2D eigenvalue weighted by Gasteiger charge is 2.21. The Morgan fingerprint density at radius 3 is 2.65 bits per heavy atom. The second-order valence-electron chi connectivity index (χ2n) is 4.89. The third-order valence-electron chi connectivity index (χ3n) is 3.24. The van der Waals surface area contributed by atoms with Crippen molar-refractivity contribution < 1.29 is 19.0 Å². The van der Waals surface area contributed by atoms with Crippen LogP contribution in [0.1, 0.15) is 24.9 Å². The summed E-state index contributed by atoms with van der Waals surface area (Å²) in [6.45, 7) is 3.35. The molecular weight excluding hydrogens is 258 g/mol. The van der Waals surface area contributed by atoms with Gasteiger partial charge in [0, 0.05) is 6.04 Å². The summed E-state index contributed by atoms with van der Waals surface area (Å²) in [5, 5.41) is 0. The molecule has 1 unspecified atom stereocenters. The van der Waals surface area contributed by atoms with Crippen molar-refractivity contribution in [3.8, 4) is 11.5 Å². The fourth-order valence-corrected chi connectivity index (χ4v) is 2.24. The van der Waals surface area contributed by atoms with Gasteiger partial charge in [0.05, 0.1) is 13.0 Å². The molecule has 1 aromatic carbocycles. The molecule has 0 aromatic heterocycles. The molecule has 0 bridgehead atoms. The van der Waals surface area contributed by atoms with E-state index in [1.54, 1.807) is 0 Å². The van der Waals surface area contributed by atoms with Gasteiger partial charge in [-0.1, -0.05) is 6.07 Å². The summed E-state index contributed by atoms with van der Waals surface area (Å²) in [5.41, 5.74) is 1.02. The number of esters is 1. The number of hydrogen-bond donors (Lipinski definition) is 0. The molecule has 0 aliphatic carbocycles. The number of benzene rings is 1. The Balaban J connectivity index is 2.18. The Morgan fingerprint density at radius 2 is 2.00 bits per heavy atom. The molecule has 1 aliphatic rings. The summed E-state index contributed by atoms with van der Waals surface area (Å²) in [6.07, 6.45) is 0.320. The molecule has 1 atom stereocenters. The molecule has 1 aliphatic heterocycles. The van der Waals surface area contributed by atoms with Gasteiger partial charge in [0.1, 0.15) is 13.2 Å². The van der Waals surface area contributed by atoms with E-state index in [0.717, 1.165) is 17.1 Å².